The largest absolute Gasteiger partial charge is 0.504 e. The second kappa shape index (κ2) is 5.49. The third kappa shape index (κ3) is 3.66. The van der Waals surface area contributed by atoms with E-state index in [1.807, 2.05) is 0 Å². The van der Waals surface area contributed by atoms with E-state index in [0.29, 0.717) is 5.56 Å². The molecule has 14 heavy (non-hydrogen) atoms. The molecule has 0 aliphatic carbocycles. The number of hydrogen-bond donors (Lipinski definition) is 3. The Labute approximate surface area is 96.0 Å². The molecule has 0 atom stereocenters. The van der Waals surface area contributed by atoms with Crippen LogP contribution in [0.15, 0.2) is 24.3 Å². The summed E-state index contributed by atoms with van der Waals surface area (Å²) in [7, 11) is 0. The van der Waals surface area contributed by atoms with Crippen molar-refractivity contribution < 1.29 is 42.5 Å². The summed E-state index contributed by atoms with van der Waals surface area (Å²) < 4.78 is 0. The topological polar surface area (TPSA) is 77.8 Å². The molecule has 1 aromatic carbocycles. The van der Waals surface area contributed by atoms with E-state index in [1.54, 1.807) is 0 Å². The zero-order valence-electron chi connectivity index (χ0n) is 6.94. The van der Waals surface area contributed by atoms with Gasteiger partial charge in [0.15, 0.2) is 11.5 Å². The van der Waals surface area contributed by atoms with E-state index < -0.39 is 5.97 Å². The van der Waals surface area contributed by atoms with Crippen molar-refractivity contribution in [3.63, 3.8) is 0 Å². The summed E-state index contributed by atoms with van der Waals surface area (Å²) >= 11 is 0. The molecule has 3 N–H and O–H groups in total. The Morgan fingerprint density at radius 2 is 1.86 bits per heavy atom. The van der Waals surface area contributed by atoms with Gasteiger partial charge in [-0.15, -0.1) is 0 Å². The van der Waals surface area contributed by atoms with Crippen molar-refractivity contribution in [3.05, 3.63) is 29.8 Å². The summed E-state index contributed by atoms with van der Waals surface area (Å²) in [6.45, 7) is 0. The van der Waals surface area contributed by atoms with Crippen LogP contribution in [-0.2, 0) is 27.2 Å². The molecule has 0 saturated carbocycles. The first-order chi connectivity index (χ1) is 6.09. The summed E-state index contributed by atoms with van der Waals surface area (Å²) in [5.74, 6) is -1.56. The molecule has 79 valence electrons. The fourth-order valence-corrected chi connectivity index (χ4v) is 0.812. The predicted octanol–water partition coefficient (Wildman–Crippen LogP) is 1.19. The summed E-state index contributed by atoms with van der Waals surface area (Å²) in [6, 6.07) is 4.06. The normalized spacial score (nSPS) is 9.71. The number of hydrogen-bond acceptors (Lipinski definition) is 3. The van der Waals surface area contributed by atoms with Crippen molar-refractivity contribution in [1.82, 2.24) is 0 Å². The number of carboxylic acids is 1. The van der Waals surface area contributed by atoms with Gasteiger partial charge in [-0.3, -0.25) is 0 Å². The Morgan fingerprint density at radius 1 is 1.21 bits per heavy atom. The van der Waals surface area contributed by atoms with Gasteiger partial charge in [0.25, 0.3) is 0 Å². The number of aromatic hydroxyl groups is 2. The van der Waals surface area contributed by atoms with Gasteiger partial charge in [0.05, 0.1) is 0 Å². The van der Waals surface area contributed by atoms with Crippen molar-refractivity contribution in [3.8, 4) is 11.5 Å². The number of carbonyl (C=O) groups is 1. The zero-order chi connectivity index (χ0) is 9.84. The smallest absolute Gasteiger partial charge is 0.328 e. The molecule has 0 heterocycles. The summed E-state index contributed by atoms with van der Waals surface area (Å²) in [4.78, 5) is 10.1. The number of benzene rings is 1. The van der Waals surface area contributed by atoms with Crippen molar-refractivity contribution in [2.24, 2.45) is 0 Å². The third-order valence-electron chi connectivity index (χ3n) is 1.42. The minimum absolute atomic E-state index is 0. The van der Waals surface area contributed by atoms with E-state index in [-0.39, 0.29) is 33.9 Å². The number of carboxylic acid groups (broad SMARTS) is 1. The molecule has 1 rings (SSSR count). The number of rotatable bonds is 2. The van der Waals surface area contributed by atoms with E-state index in [1.165, 1.54) is 24.3 Å². The molecule has 1 radical (unpaired) electrons. The molecule has 0 aliphatic rings. The average Bonchev–Trinajstić information content (AvgIpc) is 2.07. The minimum Gasteiger partial charge on any atom is -0.504 e. The molecule has 5 heteroatoms. The first kappa shape index (κ1) is 12.8. The maximum absolute atomic E-state index is 10.1. The Bertz CT molecular complexity index is 360. The fraction of sp³-hybridized carbons (Fsp3) is 0. The Morgan fingerprint density at radius 3 is 2.36 bits per heavy atom. The van der Waals surface area contributed by atoms with Crippen molar-refractivity contribution in [2.45, 2.75) is 0 Å². The molecular formula is C9H8AuO4. The van der Waals surface area contributed by atoms with Crippen LogP contribution in [0.5, 0.6) is 11.5 Å². The first-order valence-corrected chi connectivity index (χ1v) is 3.52. The van der Waals surface area contributed by atoms with Crippen LogP contribution in [0.2, 0.25) is 0 Å². The van der Waals surface area contributed by atoms with Gasteiger partial charge >= 0.3 is 5.97 Å². The van der Waals surface area contributed by atoms with Crippen molar-refractivity contribution in [1.29, 1.82) is 0 Å². The molecule has 0 saturated heterocycles. The van der Waals surface area contributed by atoms with Crippen LogP contribution in [-0.4, -0.2) is 21.3 Å². The van der Waals surface area contributed by atoms with Crippen LogP contribution < -0.4 is 0 Å². The molecule has 0 aliphatic heterocycles. The van der Waals surface area contributed by atoms with Crippen LogP contribution in [0.3, 0.4) is 0 Å². The van der Waals surface area contributed by atoms with Gasteiger partial charge in [-0.1, -0.05) is 6.07 Å². The Balaban J connectivity index is 0.00000169. The van der Waals surface area contributed by atoms with Gasteiger partial charge in [-0.2, -0.15) is 0 Å². The van der Waals surface area contributed by atoms with Gasteiger partial charge in [-0.05, 0) is 23.8 Å². The molecule has 0 unspecified atom stereocenters. The van der Waals surface area contributed by atoms with E-state index >= 15 is 0 Å². The third-order valence-corrected chi connectivity index (χ3v) is 1.42. The van der Waals surface area contributed by atoms with Gasteiger partial charge < -0.3 is 15.3 Å². The van der Waals surface area contributed by atoms with Crippen molar-refractivity contribution in [2.75, 3.05) is 0 Å². The monoisotopic (exact) mass is 377 g/mol. The molecule has 0 fully saturated rings. The van der Waals surface area contributed by atoms with Crippen LogP contribution in [0.4, 0.5) is 0 Å². The number of phenolic OH excluding ortho intramolecular Hbond substituents is 2. The second-order valence-electron chi connectivity index (χ2n) is 2.42. The minimum atomic E-state index is -1.06. The summed E-state index contributed by atoms with van der Waals surface area (Å²) in [5, 5.41) is 26.3. The SMILES string of the molecule is O=C(O)/C=C/c1ccc(O)c(O)c1.[Au]. The van der Waals surface area contributed by atoms with Crippen LogP contribution in [0, 0.1) is 0 Å². The fourth-order valence-electron chi connectivity index (χ4n) is 0.812. The standard InChI is InChI=1S/C9H8O4.Au/c10-7-3-1-6(5-8(7)11)2-4-9(12)13;/h1-5,10-11H,(H,12,13);/b4-2+;. The Hall–Kier alpha value is -1.23. The zero-order valence-corrected chi connectivity index (χ0v) is 9.10. The predicted molar refractivity (Wildman–Crippen MR) is 46.4 cm³/mol. The van der Waals surface area contributed by atoms with Crippen LogP contribution in [0.25, 0.3) is 6.08 Å². The average molecular weight is 377 g/mol. The molecule has 0 spiro atoms. The number of phenols is 2. The molecule has 0 aromatic heterocycles. The molecular weight excluding hydrogens is 369 g/mol. The summed E-state index contributed by atoms with van der Waals surface area (Å²) in [5.41, 5.74) is 0.512. The maximum Gasteiger partial charge on any atom is 0.328 e. The molecule has 1 aromatic rings. The quantitative estimate of drug-likeness (QED) is 0.411. The van der Waals surface area contributed by atoms with Crippen LogP contribution in [0.1, 0.15) is 5.56 Å². The van der Waals surface area contributed by atoms with E-state index in [0.717, 1.165) is 6.08 Å². The maximum atomic E-state index is 10.1. The van der Waals surface area contributed by atoms with Crippen molar-refractivity contribution >= 4 is 12.0 Å². The Kier molecular flexibility index (Phi) is 5.01. The van der Waals surface area contributed by atoms with Gasteiger partial charge in [0, 0.05) is 28.5 Å². The van der Waals surface area contributed by atoms with Crippen LogP contribution >= 0.6 is 0 Å². The summed E-state index contributed by atoms with van der Waals surface area (Å²) in [6.07, 6.45) is 2.27. The second-order valence-corrected chi connectivity index (χ2v) is 2.42. The van der Waals surface area contributed by atoms with E-state index in [2.05, 4.69) is 0 Å². The first-order valence-electron chi connectivity index (χ1n) is 3.52. The van der Waals surface area contributed by atoms with E-state index in [9.17, 15) is 4.79 Å². The molecule has 4 nitrogen and oxygen atoms in total. The van der Waals surface area contributed by atoms with Gasteiger partial charge in [-0.25, -0.2) is 4.79 Å². The molecule has 0 amide bonds. The van der Waals surface area contributed by atoms with Gasteiger partial charge in [0.2, 0.25) is 0 Å². The molecule has 0 bridgehead atoms. The number of aliphatic carboxylic acids is 1. The van der Waals surface area contributed by atoms with Gasteiger partial charge in [0.1, 0.15) is 0 Å². The van der Waals surface area contributed by atoms with E-state index in [4.69, 9.17) is 15.3 Å².